The molecule has 0 amide bonds. The summed E-state index contributed by atoms with van der Waals surface area (Å²) in [5.41, 5.74) is 5.55. The summed E-state index contributed by atoms with van der Waals surface area (Å²) in [5, 5.41) is 0. The highest BCUT2D eigenvalue weighted by Gasteiger charge is 1.98. The second-order valence-electron chi connectivity index (χ2n) is 3.93. The van der Waals surface area contributed by atoms with Crippen LogP contribution in [0.25, 0.3) is 0 Å². The highest BCUT2D eigenvalue weighted by atomic mass is 32.2. The third-order valence-electron chi connectivity index (χ3n) is 2.25. The van der Waals surface area contributed by atoms with Gasteiger partial charge in [0.15, 0.2) is 0 Å². The standard InChI is InChI=1S/C13H21NOS/c1-12(10-14)11-16-9-5-8-15-13-6-3-2-4-7-13/h2-4,6-7,12H,5,8-11,14H2,1H3. The molecule has 2 N–H and O–H groups in total. The van der Waals surface area contributed by atoms with Crippen LogP contribution < -0.4 is 10.5 Å². The van der Waals surface area contributed by atoms with Crippen LogP contribution in [-0.2, 0) is 0 Å². The van der Waals surface area contributed by atoms with Crippen molar-refractivity contribution in [2.24, 2.45) is 11.7 Å². The minimum Gasteiger partial charge on any atom is -0.494 e. The first-order valence-electron chi connectivity index (χ1n) is 5.78. The van der Waals surface area contributed by atoms with Crippen molar-refractivity contribution in [2.45, 2.75) is 13.3 Å². The van der Waals surface area contributed by atoms with E-state index in [2.05, 4.69) is 6.92 Å². The Labute approximate surface area is 103 Å². The van der Waals surface area contributed by atoms with Crippen LogP contribution in [0.2, 0.25) is 0 Å². The summed E-state index contributed by atoms with van der Waals surface area (Å²) >= 11 is 1.96. The average molecular weight is 239 g/mol. The molecule has 16 heavy (non-hydrogen) atoms. The predicted molar refractivity (Wildman–Crippen MR) is 72.1 cm³/mol. The maximum absolute atomic E-state index is 5.60. The molecule has 0 aliphatic heterocycles. The Bertz CT molecular complexity index is 266. The van der Waals surface area contributed by atoms with E-state index in [-0.39, 0.29) is 0 Å². The lowest BCUT2D eigenvalue weighted by Gasteiger charge is -2.08. The van der Waals surface area contributed by atoms with Gasteiger partial charge in [0, 0.05) is 0 Å². The second kappa shape index (κ2) is 8.48. The number of rotatable bonds is 8. The van der Waals surface area contributed by atoms with Crippen molar-refractivity contribution in [3.63, 3.8) is 0 Å². The van der Waals surface area contributed by atoms with E-state index in [1.165, 1.54) is 0 Å². The monoisotopic (exact) mass is 239 g/mol. The van der Waals surface area contributed by atoms with Gasteiger partial charge in [-0.05, 0) is 42.5 Å². The zero-order valence-corrected chi connectivity index (χ0v) is 10.7. The normalized spacial score (nSPS) is 12.4. The van der Waals surface area contributed by atoms with Gasteiger partial charge in [-0.3, -0.25) is 0 Å². The summed E-state index contributed by atoms with van der Waals surface area (Å²) in [6.45, 7) is 3.77. The van der Waals surface area contributed by atoms with Gasteiger partial charge in [-0.1, -0.05) is 25.1 Å². The zero-order chi connectivity index (χ0) is 11.6. The Kier molecular flexibility index (Phi) is 7.10. The molecule has 0 radical (unpaired) electrons. The topological polar surface area (TPSA) is 35.2 Å². The summed E-state index contributed by atoms with van der Waals surface area (Å²) in [6, 6.07) is 9.96. The summed E-state index contributed by atoms with van der Waals surface area (Å²) in [6.07, 6.45) is 1.09. The van der Waals surface area contributed by atoms with Gasteiger partial charge in [0.2, 0.25) is 0 Å². The third kappa shape index (κ3) is 6.03. The molecule has 0 fully saturated rings. The van der Waals surface area contributed by atoms with Crippen LogP contribution in [0.4, 0.5) is 0 Å². The third-order valence-corrected chi connectivity index (χ3v) is 3.63. The minimum absolute atomic E-state index is 0.625. The van der Waals surface area contributed by atoms with Crippen LogP contribution in [0.5, 0.6) is 5.75 Å². The highest BCUT2D eigenvalue weighted by molar-refractivity contribution is 7.99. The lowest BCUT2D eigenvalue weighted by molar-refractivity contribution is 0.318. The van der Waals surface area contributed by atoms with Crippen LogP contribution in [0.3, 0.4) is 0 Å². The van der Waals surface area contributed by atoms with Crippen LogP contribution in [0, 0.1) is 5.92 Å². The Morgan fingerprint density at radius 2 is 2.06 bits per heavy atom. The molecule has 0 saturated heterocycles. The number of benzene rings is 1. The van der Waals surface area contributed by atoms with Crippen molar-refractivity contribution >= 4 is 11.8 Å². The van der Waals surface area contributed by atoms with Crippen LogP contribution in [-0.4, -0.2) is 24.7 Å². The van der Waals surface area contributed by atoms with Gasteiger partial charge in [0.05, 0.1) is 6.61 Å². The summed E-state index contributed by atoms with van der Waals surface area (Å²) in [7, 11) is 0. The molecule has 3 heteroatoms. The van der Waals surface area contributed by atoms with E-state index in [9.17, 15) is 0 Å². The molecule has 0 heterocycles. The number of hydrogen-bond donors (Lipinski definition) is 1. The number of para-hydroxylation sites is 1. The molecular formula is C13H21NOS. The van der Waals surface area contributed by atoms with Gasteiger partial charge >= 0.3 is 0 Å². The quantitative estimate of drug-likeness (QED) is 0.709. The van der Waals surface area contributed by atoms with Gasteiger partial charge in [-0.25, -0.2) is 0 Å². The smallest absolute Gasteiger partial charge is 0.119 e. The predicted octanol–water partition coefficient (Wildman–Crippen LogP) is 2.78. The van der Waals surface area contributed by atoms with Crippen molar-refractivity contribution in [1.29, 1.82) is 0 Å². The lowest BCUT2D eigenvalue weighted by Crippen LogP contribution is -2.13. The Balaban J connectivity index is 1.96. The van der Waals surface area contributed by atoms with E-state index in [1.807, 2.05) is 42.1 Å². The van der Waals surface area contributed by atoms with Gasteiger partial charge < -0.3 is 10.5 Å². The molecule has 0 aliphatic carbocycles. The average Bonchev–Trinajstić information content (AvgIpc) is 2.34. The molecule has 0 aliphatic rings. The van der Waals surface area contributed by atoms with E-state index >= 15 is 0 Å². The van der Waals surface area contributed by atoms with Gasteiger partial charge in [0.25, 0.3) is 0 Å². The molecule has 1 atom stereocenters. The van der Waals surface area contributed by atoms with E-state index in [1.54, 1.807) is 0 Å². The fraction of sp³-hybridized carbons (Fsp3) is 0.538. The minimum atomic E-state index is 0.625. The summed E-state index contributed by atoms with van der Waals surface area (Å²) in [5.74, 6) is 3.89. The first kappa shape index (κ1) is 13.4. The van der Waals surface area contributed by atoms with E-state index in [4.69, 9.17) is 10.5 Å². The van der Waals surface area contributed by atoms with E-state index in [0.29, 0.717) is 5.92 Å². The highest BCUT2D eigenvalue weighted by Crippen LogP contribution is 2.11. The zero-order valence-electron chi connectivity index (χ0n) is 9.89. The fourth-order valence-electron chi connectivity index (χ4n) is 1.22. The number of ether oxygens (including phenoxy) is 1. The lowest BCUT2D eigenvalue weighted by atomic mass is 10.2. The van der Waals surface area contributed by atoms with Crippen LogP contribution in [0.1, 0.15) is 13.3 Å². The molecule has 1 unspecified atom stereocenters. The molecule has 2 nitrogen and oxygen atoms in total. The molecule has 0 spiro atoms. The Morgan fingerprint density at radius 3 is 2.75 bits per heavy atom. The number of hydrogen-bond acceptors (Lipinski definition) is 3. The van der Waals surface area contributed by atoms with Gasteiger partial charge in [-0.2, -0.15) is 11.8 Å². The SMILES string of the molecule is CC(CN)CSCCCOc1ccccc1. The van der Waals surface area contributed by atoms with Crippen LogP contribution >= 0.6 is 11.8 Å². The van der Waals surface area contributed by atoms with Gasteiger partial charge in [-0.15, -0.1) is 0 Å². The first-order chi connectivity index (χ1) is 7.83. The second-order valence-corrected chi connectivity index (χ2v) is 5.08. The van der Waals surface area contributed by atoms with Crippen molar-refractivity contribution in [2.75, 3.05) is 24.7 Å². The maximum atomic E-state index is 5.60. The van der Waals surface area contributed by atoms with Crippen molar-refractivity contribution in [1.82, 2.24) is 0 Å². The molecular weight excluding hydrogens is 218 g/mol. The van der Waals surface area contributed by atoms with E-state index < -0.39 is 0 Å². The molecule has 0 bridgehead atoms. The molecule has 1 aromatic carbocycles. The van der Waals surface area contributed by atoms with Crippen molar-refractivity contribution in [3.05, 3.63) is 30.3 Å². The molecule has 0 aromatic heterocycles. The maximum Gasteiger partial charge on any atom is 0.119 e. The number of thioether (sulfide) groups is 1. The van der Waals surface area contributed by atoms with Gasteiger partial charge in [0.1, 0.15) is 5.75 Å². The van der Waals surface area contributed by atoms with Crippen LogP contribution in [0.15, 0.2) is 30.3 Å². The van der Waals surface area contributed by atoms with E-state index in [0.717, 1.165) is 36.8 Å². The fourth-order valence-corrected chi connectivity index (χ4v) is 2.25. The summed E-state index contributed by atoms with van der Waals surface area (Å²) in [4.78, 5) is 0. The Morgan fingerprint density at radius 1 is 1.31 bits per heavy atom. The Hall–Kier alpha value is -0.670. The van der Waals surface area contributed by atoms with Crippen molar-refractivity contribution in [3.8, 4) is 5.75 Å². The molecule has 1 rings (SSSR count). The summed E-state index contributed by atoms with van der Waals surface area (Å²) < 4.78 is 5.60. The number of nitrogens with two attached hydrogens (primary N) is 1. The molecule has 90 valence electrons. The molecule has 1 aromatic rings. The first-order valence-corrected chi connectivity index (χ1v) is 6.94. The van der Waals surface area contributed by atoms with Crippen molar-refractivity contribution < 1.29 is 4.74 Å². The largest absolute Gasteiger partial charge is 0.494 e. The molecule has 0 saturated carbocycles.